The molecule has 52 heavy (non-hydrogen) atoms. The van der Waals surface area contributed by atoms with E-state index in [0.717, 1.165) is 22.2 Å². The van der Waals surface area contributed by atoms with Crippen molar-refractivity contribution in [3.8, 4) is 39.3 Å². The van der Waals surface area contributed by atoms with Gasteiger partial charge in [-0.25, -0.2) is 9.97 Å². The molecule has 0 atom stereocenters. The summed E-state index contributed by atoms with van der Waals surface area (Å²) >= 11 is 0. The summed E-state index contributed by atoms with van der Waals surface area (Å²) in [5.74, 6) is 0.670. The Hall–Kier alpha value is -6.58. The van der Waals surface area contributed by atoms with Gasteiger partial charge in [-0.2, -0.15) is 0 Å². The van der Waals surface area contributed by atoms with Crippen LogP contribution in [0.15, 0.2) is 164 Å². The molecule has 2 heterocycles. The van der Waals surface area contributed by atoms with Crippen LogP contribution in [0, 0.1) is 0 Å². The topological polar surface area (TPSA) is 30.7 Å². The van der Waals surface area contributed by atoms with Gasteiger partial charge in [-0.15, -0.1) is 0 Å². The van der Waals surface area contributed by atoms with Crippen molar-refractivity contribution in [1.29, 1.82) is 0 Å². The lowest BCUT2D eigenvalue weighted by Gasteiger charge is -2.22. The van der Waals surface area contributed by atoms with Crippen LogP contribution in [0.2, 0.25) is 0 Å². The van der Waals surface area contributed by atoms with Crippen LogP contribution < -0.4 is 0 Å². The molecule has 11 rings (SSSR count). The third-order valence-electron chi connectivity index (χ3n) is 11.5. The molecule has 0 radical (unpaired) electrons. The van der Waals surface area contributed by atoms with E-state index in [9.17, 15) is 0 Å². The van der Waals surface area contributed by atoms with Gasteiger partial charge in [-0.05, 0) is 108 Å². The molecule has 0 bridgehead atoms. The Morgan fingerprint density at radius 2 is 0.923 bits per heavy atom. The fourth-order valence-electron chi connectivity index (χ4n) is 8.93. The van der Waals surface area contributed by atoms with E-state index in [0.29, 0.717) is 5.95 Å². The fraction of sp³-hybridized carbons (Fsp3) is 0.0612. The molecule has 1 aliphatic carbocycles. The summed E-state index contributed by atoms with van der Waals surface area (Å²) in [6.45, 7) is 4.72. The van der Waals surface area contributed by atoms with Gasteiger partial charge in [0.05, 0.1) is 11.0 Å². The van der Waals surface area contributed by atoms with Gasteiger partial charge < -0.3 is 0 Å². The highest BCUT2D eigenvalue weighted by atomic mass is 15.1. The lowest BCUT2D eigenvalue weighted by atomic mass is 9.81. The first kappa shape index (κ1) is 29.2. The fourth-order valence-corrected chi connectivity index (χ4v) is 8.93. The van der Waals surface area contributed by atoms with Crippen molar-refractivity contribution in [2.24, 2.45) is 0 Å². The number of para-hydroxylation sites is 2. The second kappa shape index (κ2) is 10.7. The zero-order valence-electron chi connectivity index (χ0n) is 28.9. The quantitative estimate of drug-likeness (QED) is 0.176. The first-order valence-electron chi connectivity index (χ1n) is 18.0. The summed E-state index contributed by atoms with van der Waals surface area (Å²) in [6, 6.07) is 55.4. The molecule has 0 spiro atoms. The van der Waals surface area contributed by atoms with E-state index < -0.39 is 0 Å². The predicted octanol–water partition coefficient (Wildman–Crippen LogP) is 12.7. The monoisotopic (exact) mass is 663 g/mol. The van der Waals surface area contributed by atoms with Gasteiger partial charge in [0.2, 0.25) is 5.95 Å². The van der Waals surface area contributed by atoms with Crippen LogP contribution >= 0.6 is 0 Å². The molecule has 0 aliphatic heterocycles. The van der Waals surface area contributed by atoms with Gasteiger partial charge in [0.15, 0.2) is 0 Å². The molecule has 0 amide bonds. The molecule has 2 aromatic heterocycles. The maximum Gasteiger partial charge on any atom is 0.234 e. The normalized spacial score (nSPS) is 13.3. The van der Waals surface area contributed by atoms with Gasteiger partial charge >= 0.3 is 0 Å². The van der Waals surface area contributed by atoms with Gasteiger partial charge in [0, 0.05) is 34.1 Å². The zero-order valence-corrected chi connectivity index (χ0v) is 28.9. The maximum absolute atomic E-state index is 4.90. The highest BCUT2D eigenvalue weighted by molar-refractivity contribution is 6.26. The van der Waals surface area contributed by atoms with Crippen molar-refractivity contribution in [1.82, 2.24) is 14.5 Å². The molecule has 1 aliphatic rings. The first-order valence-corrected chi connectivity index (χ1v) is 18.0. The third-order valence-corrected chi connectivity index (χ3v) is 11.5. The minimum atomic E-state index is -0.0518. The zero-order chi connectivity index (χ0) is 34.6. The smallest absolute Gasteiger partial charge is 0.234 e. The summed E-state index contributed by atoms with van der Waals surface area (Å²) in [4.78, 5) is 9.81. The Balaban J connectivity index is 1.02. The Labute approximate surface area is 301 Å². The highest BCUT2D eigenvalue weighted by Crippen LogP contribution is 2.51. The van der Waals surface area contributed by atoms with Gasteiger partial charge in [0.25, 0.3) is 0 Å². The second-order valence-corrected chi connectivity index (χ2v) is 14.6. The van der Waals surface area contributed by atoms with Gasteiger partial charge in [-0.3, -0.25) is 4.57 Å². The molecule has 3 heteroatoms. The Kier molecular flexibility index (Phi) is 6.01. The molecular formula is C49H33N3. The number of rotatable bonds is 3. The average molecular weight is 664 g/mol. The SMILES string of the molecule is CC1(C)c2ccccc2-c2cc3c4ccccc4c4cc(-c5cccc(-c6cnc(-n7c8ccccc8c8ccccc87)nc6)c5)ccc4c3cc21. The van der Waals surface area contributed by atoms with Gasteiger partial charge in [-0.1, -0.05) is 129 Å². The summed E-state index contributed by atoms with van der Waals surface area (Å²) in [6.07, 6.45) is 3.90. The molecule has 0 fully saturated rings. The Morgan fingerprint density at radius 1 is 0.385 bits per heavy atom. The summed E-state index contributed by atoms with van der Waals surface area (Å²) < 4.78 is 2.15. The summed E-state index contributed by atoms with van der Waals surface area (Å²) in [7, 11) is 0. The second-order valence-electron chi connectivity index (χ2n) is 14.6. The molecule has 0 saturated heterocycles. The molecule has 8 aromatic carbocycles. The molecule has 0 unspecified atom stereocenters. The number of nitrogens with zero attached hydrogens (tertiary/aromatic N) is 3. The Bertz CT molecular complexity index is 3040. The van der Waals surface area contributed by atoms with Crippen LogP contribution in [0.1, 0.15) is 25.0 Å². The van der Waals surface area contributed by atoms with E-state index in [1.54, 1.807) is 0 Å². The van der Waals surface area contributed by atoms with Crippen molar-refractivity contribution in [2.45, 2.75) is 19.3 Å². The van der Waals surface area contributed by atoms with E-state index in [-0.39, 0.29) is 5.41 Å². The molecule has 10 aromatic rings. The number of aromatic nitrogens is 3. The van der Waals surface area contributed by atoms with Crippen molar-refractivity contribution in [3.63, 3.8) is 0 Å². The van der Waals surface area contributed by atoms with E-state index in [2.05, 4.69) is 170 Å². The summed E-state index contributed by atoms with van der Waals surface area (Å²) in [5, 5.41) is 10.2. The molecule has 0 N–H and O–H groups in total. The standard InChI is InChI=1S/C49H33N3/c1-49(2)44-19-8-5-16-37(44)43-26-41-35-15-4-3-14-34(35)40-25-32(22-23-36(40)42(41)27-45(43)49)30-12-11-13-31(24-30)33-28-50-48(51-29-33)52-46-20-9-6-17-38(46)39-18-7-10-21-47(39)52/h3-29H,1-2H3. The molecule has 3 nitrogen and oxygen atoms in total. The molecular weight excluding hydrogens is 631 g/mol. The van der Waals surface area contributed by atoms with E-state index in [4.69, 9.17) is 9.97 Å². The lowest BCUT2D eigenvalue weighted by molar-refractivity contribution is 0.661. The number of benzene rings is 8. The van der Waals surface area contributed by atoms with Crippen molar-refractivity contribution < 1.29 is 0 Å². The van der Waals surface area contributed by atoms with Crippen LogP contribution in [0.5, 0.6) is 0 Å². The van der Waals surface area contributed by atoms with E-state index in [1.165, 1.54) is 76.5 Å². The van der Waals surface area contributed by atoms with Crippen LogP contribution in [-0.2, 0) is 5.41 Å². The average Bonchev–Trinajstić information content (AvgIpc) is 3.65. The minimum absolute atomic E-state index is 0.0518. The van der Waals surface area contributed by atoms with Crippen molar-refractivity contribution in [2.75, 3.05) is 0 Å². The third kappa shape index (κ3) is 4.08. The minimum Gasteiger partial charge on any atom is -0.278 e. The highest BCUT2D eigenvalue weighted by Gasteiger charge is 2.35. The first-order chi connectivity index (χ1) is 25.5. The number of fused-ring (bicyclic) bond motifs is 12. The van der Waals surface area contributed by atoms with Crippen LogP contribution in [0.25, 0.3) is 93.5 Å². The Morgan fingerprint density at radius 3 is 1.63 bits per heavy atom. The van der Waals surface area contributed by atoms with Crippen LogP contribution in [-0.4, -0.2) is 14.5 Å². The molecule has 244 valence electrons. The lowest BCUT2D eigenvalue weighted by Crippen LogP contribution is -2.14. The number of hydrogen-bond donors (Lipinski definition) is 0. The van der Waals surface area contributed by atoms with Crippen LogP contribution in [0.4, 0.5) is 0 Å². The van der Waals surface area contributed by atoms with Crippen LogP contribution in [0.3, 0.4) is 0 Å². The van der Waals surface area contributed by atoms with Gasteiger partial charge in [0.1, 0.15) is 0 Å². The van der Waals surface area contributed by atoms with Crippen molar-refractivity contribution in [3.05, 3.63) is 175 Å². The van der Waals surface area contributed by atoms with Crippen molar-refractivity contribution >= 4 is 54.1 Å². The maximum atomic E-state index is 4.90. The predicted molar refractivity (Wildman–Crippen MR) is 217 cm³/mol. The molecule has 0 saturated carbocycles. The van der Waals surface area contributed by atoms with E-state index in [1.807, 2.05) is 12.4 Å². The van der Waals surface area contributed by atoms with E-state index >= 15 is 0 Å². The largest absolute Gasteiger partial charge is 0.278 e. The number of hydrogen-bond acceptors (Lipinski definition) is 2. The summed E-state index contributed by atoms with van der Waals surface area (Å²) in [5.41, 5.74) is 12.1.